The van der Waals surface area contributed by atoms with Gasteiger partial charge in [-0.3, -0.25) is 9.69 Å². The summed E-state index contributed by atoms with van der Waals surface area (Å²) in [5.41, 5.74) is 3.22. The lowest BCUT2D eigenvalue weighted by Gasteiger charge is -2.33. The second-order valence-corrected chi connectivity index (χ2v) is 6.96. The van der Waals surface area contributed by atoms with E-state index in [0.717, 1.165) is 19.5 Å². The number of carbonyl (C=O) groups is 1. The summed E-state index contributed by atoms with van der Waals surface area (Å²) in [7, 11) is 4.63. The van der Waals surface area contributed by atoms with E-state index in [0.29, 0.717) is 29.4 Å². The molecule has 28 heavy (non-hydrogen) atoms. The highest BCUT2D eigenvalue weighted by molar-refractivity contribution is 5.97. The number of benzene rings is 2. The molecule has 1 amide bonds. The first-order chi connectivity index (χ1) is 13.6. The molecule has 1 aliphatic rings. The van der Waals surface area contributed by atoms with Crippen LogP contribution in [0.15, 0.2) is 36.4 Å². The Hall–Kier alpha value is -2.73. The average molecular weight is 384 g/mol. The smallest absolute Gasteiger partial charge is 0.255 e. The SMILES string of the molecule is COc1cc(OC)c(C(=O)NCC(C)N2CCc3ccccc3C2)cc1OC. The third-order valence-corrected chi connectivity index (χ3v) is 5.29. The molecule has 3 rings (SSSR count). The highest BCUT2D eigenvalue weighted by Crippen LogP contribution is 2.34. The van der Waals surface area contributed by atoms with Crippen LogP contribution in [0.5, 0.6) is 17.2 Å². The summed E-state index contributed by atoms with van der Waals surface area (Å²) in [5, 5.41) is 3.03. The standard InChI is InChI=1S/C22H28N2O4/c1-15(24-10-9-16-7-5-6-8-17(16)14-24)13-23-22(25)18-11-20(27-3)21(28-4)12-19(18)26-2/h5-8,11-12,15H,9-10,13-14H2,1-4H3,(H,23,25). The van der Waals surface area contributed by atoms with Crippen molar-refractivity contribution >= 4 is 5.91 Å². The van der Waals surface area contributed by atoms with Gasteiger partial charge in [0.1, 0.15) is 5.75 Å². The Morgan fingerprint density at radius 1 is 1.04 bits per heavy atom. The summed E-state index contributed by atoms with van der Waals surface area (Å²) in [6, 6.07) is 12.1. The Kier molecular flexibility index (Phi) is 6.41. The van der Waals surface area contributed by atoms with Crippen LogP contribution in [0.2, 0.25) is 0 Å². The third kappa shape index (κ3) is 4.22. The molecule has 0 fully saturated rings. The third-order valence-electron chi connectivity index (χ3n) is 5.29. The molecule has 1 unspecified atom stereocenters. The van der Waals surface area contributed by atoms with Crippen molar-refractivity contribution < 1.29 is 19.0 Å². The Labute approximate surface area is 166 Å². The van der Waals surface area contributed by atoms with Crippen molar-refractivity contribution in [1.29, 1.82) is 0 Å². The minimum Gasteiger partial charge on any atom is -0.496 e. The molecule has 6 nitrogen and oxygen atoms in total. The second kappa shape index (κ2) is 8.97. The van der Waals surface area contributed by atoms with E-state index in [1.807, 2.05) is 0 Å². The zero-order valence-electron chi connectivity index (χ0n) is 17.0. The van der Waals surface area contributed by atoms with Crippen molar-refractivity contribution in [3.05, 3.63) is 53.1 Å². The fraction of sp³-hybridized carbons (Fsp3) is 0.409. The van der Waals surface area contributed by atoms with E-state index in [9.17, 15) is 4.79 Å². The molecule has 1 aliphatic heterocycles. The van der Waals surface area contributed by atoms with E-state index >= 15 is 0 Å². The molecule has 0 saturated heterocycles. The lowest BCUT2D eigenvalue weighted by Crippen LogP contribution is -2.44. The van der Waals surface area contributed by atoms with Gasteiger partial charge in [-0.05, 0) is 24.5 Å². The maximum atomic E-state index is 12.8. The summed E-state index contributed by atoms with van der Waals surface area (Å²) < 4.78 is 16.0. The first-order valence-electron chi connectivity index (χ1n) is 9.46. The first-order valence-corrected chi connectivity index (χ1v) is 9.46. The van der Waals surface area contributed by atoms with Crippen LogP contribution in [-0.2, 0) is 13.0 Å². The van der Waals surface area contributed by atoms with Gasteiger partial charge in [-0.2, -0.15) is 0 Å². The Morgan fingerprint density at radius 3 is 2.36 bits per heavy atom. The summed E-state index contributed by atoms with van der Waals surface area (Å²) in [5.74, 6) is 1.28. The van der Waals surface area contributed by atoms with Gasteiger partial charge in [-0.15, -0.1) is 0 Å². The highest BCUT2D eigenvalue weighted by Gasteiger charge is 2.22. The van der Waals surface area contributed by atoms with Crippen LogP contribution < -0.4 is 19.5 Å². The van der Waals surface area contributed by atoms with E-state index in [2.05, 4.69) is 41.4 Å². The van der Waals surface area contributed by atoms with E-state index in [-0.39, 0.29) is 11.9 Å². The number of nitrogens with one attached hydrogen (secondary N) is 1. The maximum Gasteiger partial charge on any atom is 0.255 e. The predicted molar refractivity (Wildman–Crippen MR) is 108 cm³/mol. The molecule has 0 saturated carbocycles. The van der Waals surface area contributed by atoms with Crippen LogP contribution in [-0.4, -0.2) is 51.3 Å². The van der Waals surface area contributed by atoms with Crippen molar-refractivity contribution in [2.45, 2.75) is 25.9 Å². The predicted octanol–water partition coefficient (Wildman–Crippen LogP) is 2.89. The van der Waals surface area contributed by atoms with Crippen molar-refractivity contribution in [1.82, 2.24) is 10.2 Å². The van der Waals surface area contributed by atoms with Crippen LogP contribution in [0.3, 0.4) is 0 Å². The quantitative estimate of drug-likeness (QED) is 0.795. The minimum atomic E-state index is -0.193. The second-order valence-electron chi connectivity index (χ2n) is 6.96. The molecule has 150 valence electrons. The van der Waals surface area contributed by atoms with Crippen LogP contribution in [0.25, 0.3) is 0 Å². The van der Waals surface area contributed by atoms with Crippen LogP contribution in [0.4, 0.5) is 0 Å². The highest BCUT2D eigenvalue weighted by atomic mass is 16.5. The van der Waals surface area contributed by atoms with Crippen LogP contribution >= 0.6 is 0 Å². The molecule has 0 aliphatic carbocycles. The number of hydrogen-bond donors (Lipinski definition) is 1. The minimum absolute atomic E-state index is 0.193. The summed E-state index contributed by atoms with van der Waals surface area (Å²) in [6.45, 7) is 4.60. The van der Waals surface area contributed by atoms with Gasteiger partial charge in [0.2, 0.25) is 0 Å². The average Bonchev–Trinajstić information content (AvgIpc) is 2.75. The number of methoxy groups -OCH3 is 3. The molecule has 6 heteroatoms. The Morgan fingerprint density at radius 2 is 1.68 bits per heavy atom. The largest absolute Gasteiger partial charge is 0.496 e. The van der Waals surface area contributed by atoms with Crippen molar-refractivity contribution in [3.63, 3.8) is 0 Å². The molecule has 0 bridgehead atoms. The van der Waals surface area contributed by atoms with E-state index in [1.165, 1.54) is 18.2 Å². The molecule has 1 N–H and O–H groups in total. The number of fused-ring (bicyclic) bond motifs is 1. The zero-order chi connectivity index (χ0) is 20.1. The van der Waals surface area contributed by atoms with E-state index in [1.54, 1.807) is 26.4 Å². The van der Waals surface area contributed by atoms with E-state index in [4.69, 9.17) is 14.2 Å². The molecule has 0 aromatic heterocycles. The molecular weight excluding hydrogens is 356 g/mol. The van der Waals surface area contributed by atoms with Crippen LogP contribution in [0, 0.1) is 0 Å². The lowest BCUT2D eigenvalue weighted by molar-refractivity contribution is 0.0929. The summed E-state index contributed by atoms with van der Waals surface area (Å²) >= 11 is 0. The number of nitrogens with zero attached hydrogens (tertiary/aromatic N) is 1. The van der Waals surface area contributed by atoms with Gasteiger partial charge in [0.05, 0.1) is 26.9 Å². The molecule has 1 heterocycles. The lowest BCUT2D eigenvalue weighted by atomic mass is 9.99. The first kappa shape index (κ1) is 20.0. The van der Waals surface area contributed by atoms with Gasteiger partial charge in [0.25, 0.3) is 5.91 Å². The van der Waals surface area contributed by atoms with Gasteiger partial charge in [-0.25, -0.2) is 0 Å². The molecule has 2 aromatic carbocycles. The normalized spacial score (nSPS) is 14.7. The van der Waals surface area contributed by atoms with Gasteiger partial charge >= 0.3 is 0 Å². The monoisotopic (exact) mass is 384 g/mol. The number of hydrogen-bond acceptors (Lipinski definition) is 5. The maximum absolute atomic E-state index is 12.8. The van der Waals surface area contributed by atoms with Gasteiger partial charge in [-0.1, -0.05) is 24.3 Å². The Balaban J connectivity index is 1.65. The number of carbonyl (C=O) groups excluding carboxylic acids is 1. The van der Waals surface area contributed by atoms with Crippen molar-refractivity contribution in [2.24, 2.45) is 0 Å². The van der Waals surface area contributed by atoms with Crippen LogP contribution in [0.1, 0.15) is 28.4 Å². The molecule has 2 aromatic rings. The van der Waals surface area contributed by atoms with Crippen molar-refractivity contribution in [3.8, 4) is 17.2 Å². The topological polar surface area (TPSA) is 60.0 Å². The van der Waals surface area contributed by atoms with Gasteiger partial charge < -0.3 is 19.5 Å². The molecule has 0 radical (unpaired) electrons. The van der Waals surface area contributed by atoms with Gasteiger partial charge in [0, 0.05) is 37.8 Å². The molecule has 1 atom stereocenters. The fourth-order valence-electron chi connectivity index (χ4n) is 3.57. The van der Waals surface area contributed by atoms with Crippen molar-refractivity contribution in [2.75, 3.05) is 34.4 Å². The Bertz CT molecular complexity index is 837. The molecular formula is C22H28N2O4. The zero-order valence-corrected chi connectivity index (χ0v) is 17.0. The summed E-state index contributed by atoms with van der Waals surface area (Å²) in [4.78, 5) is 15.2. The van der Waals surface area contributed by atoms with E-state index < -0.39 is 0 Å². The fourth-order valence-corrected chi connectivity index (χ4v) is 3.57. The summed E-state index contributed by atoms with van der Waals surface area (Å²) in [6.07, 6.45) is 1.04. The number of amides is 1. The number of ether oxygens (including phenoxy) is 3. The van der Waals surface area contributed by atoms with Gasteiger partial charge in [0.15, 0.2) is 11.5 Å². The molecule has 0 spiro atoms. The number of rotatable bonds is 7.